The number of furan rings is 1. The van der Waals surface area contributed by atoms with E-state index < -0.39 is 41.7 Å². The molecular formula is C24H26FN3O4S. The first-order valence-corrected chi connectivity index (χ1v) is 11.3. The Kier molecular flexibility index (Phi) is 7.65. The van der Waals surface area contributed by atoms with Crippen LogP contribution in [0.1, 0.15) is 48.7 Å². The van der Waals surface area contributed by atoms with Crippen molar-refractivity contribution in [3.63, 3.8) is 0 Å². The third kappa shape index (κ3) is 5.87. The zero-order chi connectivity index (χ0) is 24.0. The lowest BCUT2D eigenvalue weighted by molar-refractivity contribution is -0.128. The number of anilines is 1. The first-order valence-electron chi connectivity index (χ1n) is 10.5. The summed E-state index contributed by atoms with van der Waals surface area (Å²) in [5.41, 5.74) is -0.669. The molecule has 0 radical (unpaired) electrons. The van der Waals surface area contributed by atoms with Crippen LogP contribution in [0.3, 0.4) is 0 Å². The molecule has 2 heterocycles. The molecule has 33 heavy (non-hydrogen) atoms. The van der Waals surface area contributed by atoms with Crippen molar-refractivity contribution in [2.45, 2.75) is 38.8 Å². The summed E-state index contributed by atoms with van der Waals surface area (Å²) in [6.07, 6.45) is 2.01. The van der Waals surface area contributed by atoms with Gasteiger partial charge in [-0.05, 0) is 56.0 Å². The number of thiophene rings is 1. The molecule has 0 bridgehead atoms. The Balaban J connectivity index is 1.98. The van der Waals surface area contributed by atoms with Crippen LogP contribution in [-0.2, 0) is 9.59 Å². The van der Waals surface area contributed by atoms with Gasteiger partial charge in [-0.2, -0.15) is 0 Å². The van der Waals surface area contributed by atoms with E-state index >= 15 is 0 Å². The molecule has 1 unspecified atom stereocenters. The molecule has 3 amide bonds. The number of rotatable bonds is 9. The Morgan fingerprint density at radius 2 is 1.88 bits per heavy atom. The number of hydrogen-bond acceptors (Lipinski definition) is 5. The Labute approximate surface area is 195 Å². The predicted octanol–water partition coefficient (Wildman–Crippen LogP) is 4.29. The van der Waals surface area contributed by atoms with Gasteiger partial charge in [-0.15, -0.1) is 11.3 Å². The quantitative estimate of drug-likeness (QED) is 0.487. The van der Waals surface area contributed by atoms with E-state index in [1.165, 1.54) is 35.8 Å². The summed E-state index contributed by atoms with van der Waals surface area (Å²) in [7, 11) is 0. The number of benzene rings is 1. The molecule has 1 aromatic carbocycles. The zero-order valence-electron chi connectivity index (χ0n) is 18.6. The van der Waals surface area contributed by atoms with Crippen LogP contribution in [0.5, 0.6) is 0 Å². The summed E-state index contributed by atoms with van der Waals surface area (Å²) < 4.78 is 20.3. The smallest absolute Gasteiger partial charge is 0.261 e. The molecule has 7 nitrogen and oxygen atoms in total. The van der Waals surface area contributed by atoms with Gasteiger partial charge in [-0.1, -0.05) is 25.1 Å². The van der Waals surface area contributed by atoms with E-state index in [2.05, 4.69) is 10.6 Å². The van der Waals surface area contributed by atoms with Gasteiger partial charge < -0.3 is 15.1 Å². The standard InChI is InChI=1S/C24H26FN3O4S/c1-4-24(2,3)27-23(31)21(18-11-7-13-32-18)28(17-10-6-5-9-16(17)25)20(29)15-26-22(30)19-12-8-14-33-19/h5-14,21H,4,15H2,1-3H3,(H,26,30)(H,27,31). The van der Waals surface area contributed by atoms with Gasteiger partial charge in [-0.3, -0.25) is 19.3 Å². The summed E-state index contributed by atoms with van der Waals surface area (Å²) in [6.45, 7) is 5.18. The monoisotopic (exact) mass is 471 g/mol. The zero-order valence-corrected chi connectivity index (χ0v) is 19.4. The summed E-state index contributed by atoms with van der Waals surface area (Å²) >= 11 is 1.23. The molecule has 0 saturated heterocycles. The number of hydrogen-bond donors (Lipinski definition) is 2. The van der Waals surface area contributed by atoms with Crippen LogP contribution >= 0.6 is 11.3 Å². The van der Waals surface area contributed by atoms with Crippen molar-refractivity contribution in [2.75, 3.05) is 11.4 Å². The Morgan fingerprint density at radius 3 is 2.48 bits per heavy atom. The Bertz CT molecular complexity index is 1100. The number of nitrogens with one attached hydrogen (secondary N) is 2. The summed E-state index contributed by atoms with van der Waals surface area (Å²) in [6, 6.07) is 10.9. The molecule has 0 aliphatic carbocycles. The average Bonchev–Trinajstić information content (AvgIpc) is 3.50. The number of amides is 3. The van der Waals surface area contributed by atoms with Crippen molar-refractivity contribution < 1.29 is 23.2 Å². The first kappa shape index (κ1) is 24.2. The molecule has 0 spiro atoms. The third-order valence-electron chi connectivity index (χ3n) is 5.19. The maximum absolute atomic E-state index is 14.8. The van der Waals surface area contributed by atoms with Crippen LogP contribution in [0.15, 0.2) is 64.6 Å². The summed E-state index contributed by atoms with van der Waals surface area (Å²) in [5, 5.41) is 7.20. The molecule has 0 saturated carbocycles. The number of carbonyl (C=O) groups excluding carboxylic acids is 3. The molecule has 0 aliphatic heterocycles. The molecule has 1 atom stereocenters. The van der Waals surface area contributed by atoms with E-state index in [-0.39, 0.29) is 11.4 Å². The van der Waals surface area contributed by atoms with Gasteiger partial charge in [0.2, 0.25) is 5.91 Å². The highest BCUT2D eigenvalue weighted by atomic mass is 32.1. The van der Waals surface area contributed by atoms with Gasteiger partial charge in [0.05, 0.1) is 23.4 Å². The number of nitrogens with zero attached hydrogens (tertiary/aromatic N) is 1. The maximum atomic E-state index is 14.8. The van der Waals surface area contributed by atoms with Crippen molar-refractivity contribution in [1.29, 1.82) is 0 Å². The first-order chi connectivity index (χ1) is 15.7. The second-order valence-electron chi connectivity index (χ2n) is 8.02. The van der Waals surface area contributed by atoms with Crippen LogP contribution in [0, 0.1) is 5.82 Å². The highest BCUT2D eigenvalue weighted by molar-refractivity contribution is 7.12. The maximum Gasteiger partial charge on any atom is 0.261 e. The highest BCUT2D eigenvalue weighted by Gasteiger charge is 2.37. The Hall–Kier alpha value is -3.46. The fraction of sp³-hybridized carbons (Fsp3) is 0.292. The molecule has 0 aliphatic rings. The molecule has 9 heteroatoms. The minimum atomic E-state index is -1.28. The van der Waals surface area contributed by atoms with E-state index in [0.717, 1.165) is 4.90 Å². The van der Waals surface area contributed by atoms with E-state index in [0.29, 0.717) is 11.3 Å². The Morgan fingerprint density at radius 1 is 1.12 bits per heavy atom. The van der Waals surface area contributed by atoms with Crippen molar-refractivity contribution in [2.24, 2.45) is 0 Å². The second kappa shape index (κ2) is 10.4. The van der Waals surface area contributed by atoms with Gasteiger partial charge in [-0.25, -0.2) is 4.39 Å². The van der Waals surface area contributed by atoms with Crippen LogP contribution in [0.25, 0.3) is 0 Å². The molecule has 174 valence electrons. The molecule has 2 aromatic heterocycles. The van der Waals surface area contributed by atoms with E-state index in [9.17, 15) is 18.8 Å². The minimum absolute atomic E-state index is 0.0984. The highest BCUT2D eigenvalue weighted by Crippen LogP contribution is 2.31. The van der Waals surface area contributed by atoms with Crippen molar-refractivity contribution in [3.8, 4) is 0 Å². The number of carbonyl (C=O) groups is 3. The average molecular weight is 472 g/mol. The lowest BCUT2D eigenvalue weighted by Crippen LogP contribution is -2.52. The van der Waals surface area contributed by atoms with E-state index in [1.807, 2.05) is 20.8 Å². The topological polar surface area (TPSA) is 91.7 Å². The van der Waals surface area contributed by atoms with Crippen LogP contribution in [0.4, 0.5) is 10.1 Å². The minimum Gasteiger partial charge on any atom is -0.467 e. The van der Waals surface area contributed by atoms with Gasteiger partial charge in [0.15, 0.2) is 6.04 Å². The van der Waals surface area contributed by atoms with Crippen LogP contribution in [0.2, 0.25) is 0 Å². The van der Waals surface area contributed by atoms with Crippen LogP contribution < -0.4 is 15.5 Å². The van der Waals surface area contributed by atoms with Gasteiger partial charge in [0, 0.05) is 5.54 Å². The van der Waals surface area contributed by atoms with Crippen molar-refractivity contribution in [1.82, 2.24) is 10.6 Å². The SMILES string of the molecule is CCC(C)(C)NC(=O)C(c1ccco1)N(C(=O)CNC(=O)c1cccs1)c1ccccc1F. The third-order valence-corrected chi connectivity index (χ3v) is 6.06. The molecule has 3 aromatic rings. The fourth-order valence-corrected chi connectivity index (χ4v) is 3.75. The summed E-state index contributed by atoms with van der Waals surface area (Å²) in [5.74, 6) is -2.15. The van der Waals surface area contributed by atoms with Gasteiger partial charge >= 0.3 is 0 Å². The van der Waals surface area contributed by atoms with Gasteiger partial charge in [0.25, 0.3) is 11.8 Å². The predicted molar refractivity (Wildman–Crippen MR) is 124 cm³/mol. The number of para-hydroxylation sites is 1. The van der Waals surface area contributed by atoms with Crippen molar-refractivity contribution >= 4 is 34.7 Å². The van der Waals surface area contributed by atoms with Gasteiger partial charge in [0.1, 0.15) is 11.6 Å². The lowest BCUT2D eigenvalue weighted by Gasteiger charge is -2.33. The largest absolute Gasteiger partial charge is 0.467 e. The van der Waals surface area contributed by atoms with E-state index in [1.54, 1.807) is 35.7 Å². The molecular weight excluding hydrogens is 445 g/mol. The number of halogens is 1. The lowest BCUT2D eigenvalue weighted by atomic mass is 10.0. The van der Waals surface area contributed by atoms with E-state index in [4.69, 9.17) is 4.42 Å². The normalized spacial score (nSPS) is 12.1. The molecule has 3 rings (SSSR count). The van der Waals surface area contributed by atoms with Crippen molar-refractivity contribution in [3.05, 3.63) is 76.6 Å². The molecule has 0 fully saturated rings. The summed E-state index contributed by atoms with van der Waals surface area (Å²) in [4.78, 5) is 40.6. The fourth-order valence-electron chi connectivity index (χ4n) is 3.11. The molecule has 2 N–H and O–H groups in total. The second-order valence-corrected chi connectivity index (χ2v) is 8.97. The van der Waals surface area contributed by atoms with Crippen LogP contribution in [-0.4, -0.2) is 29.8 Å².